The van der Waals surface area contributed by atoms with Crippen molar-refractivity contribution < 1.29 is 9.53 Å². The molecule has 0 fully saturated rings. The van der Waals surface area contributed by atoms with E-state index in [0.717, 1.165) is 4.47 Å². The summed E-state index contributed by atoms with van der Waals surface area (Å²) in [5, 5.41) is 0.0426. The molecule has 2 rings (SSSR count). The van der Waals surface area contributed by atoms with Gasteiger partial charge in [-0.1, -0.05) is 11.6 Å². The van der Waals surface area contributed by atoms with Crippen LogP contribution in [0.2, 0.25) is 5.15 Å². The molecule has 5 nitrogen and oxygen atoms in total. The zero-order valence-electron chi connectivity index (χ0n) is 9.93. The van der Waals surface area contributed by atoms with Crippen LogP contribution in [0.5, 0.6) is 0 Å². The van der Waals surface area contributed by atoms with Gasteiger partial charge < -0.3 is 4.74 Å². The highest BCUT2D eigenvalue weighted by Gasteiger charge is 2.16. The Morgan fingerprint density at radius 3 is 2.89 bits per heavy atom. The van der Waals surface area contributed by atoms with Crippen molar-refractivity contribution in [1.82, 2.24) is 15.0 Å². The third kappa shape index (κ3) is 3.08. The Bertz CT molecular complexity index is 622. The lowest BCUT2D eigenvalue weighted by atomic mass is 10.3. The molecule has 0 unspecified atom stereocenters. The van der Waals surface area contributed by atoms with Crippen LogP contribution in [0.3, 0.4) is 0 Å². The average molecular weight is 343 g/mol. The first-order valence-corrected chi connectivity index (χ1v) is 6.61. The molecule has 2 heterocycles. The van der Waals surface area contributed by atoms with Crippen LogP contribution in [-0.2, 0) is 4.74 Å². The van der Waals surface area contributed by atoms with Gasteiger partial charge in [0, 0.05) is 16.9 Å². The molecule has 2 aromatic heterocycles. The smallest absolute Gasteiger partial charge is 0.342 e. The quantitative estimate of drug-likeness (QED) is 0.633. The number of hydrogen-bond donors (Lipinski definition) is 0. The van der Waals surface area contributed by atoms with Crippen molar-refractivity contribution in [1.29, 1.82) is 0 Å². The van der Waals surface area contributed by atoms with Gasteiger partial charge in [0.2, 0.25) is 0 Å². The highest BCUT2D eigenvalue weighted by molar-refractivity contribution is 9.10. The van der Waals surface area contributed by atoms with Crippen molar-refractivity contribution in [3.8, 4) is 11.5 Å². The molecule has 0 aliphatic rings. The fourth-order valence-corrected chi connectivity index (χ4v) is 2.01. The summed E-state index contributed by atoms with van der Waals surface area (Å²) in [5.74, 6) is -0.204. The lowest BCUT2D eigenvalue weighted by Crippen LogP contribution is -2.08. The number of ether oxygens (including phenoxy) is 1. The highest BCUT2D eigenvalue weighted by Crippen LogP contribution is 2.24. The predicted molar refractivity (Wildman–Crippen MR) is 73.9 cm³/mol. The zero-order chi connectivity index (χ0) is 13.8. The van der Waals surface area contributed by atoms with Gasteiger partial charge in [-0.15, -0.1) is 0 Å². The van der Waals surface area contributed by atoms with E-state index in [1.165, 1.54) is 6.20 Å². The summed E-state index contributed by atoms with van der Waals surface area (Å²) >= 11 is 9.32. The number of esters is 1. The van der Waals surface area contributed by atoms with Gasteiger partial charge in [-0.2, -0.15) is 0 Å². The summed E-state index contributed by atoms with van der Waals surface area (Å²) in [4.78, 5) is 23.9. The van der Waals surface area contributed by atoms with E-state index < -0.39 is 5.97 Å². The summed E-state index contributed by atoms with van der Waals surface area (Å²) < 4.78 is 5.60. The summed E-state index contributed by atoms with van der Waals surface area (Å²) in [7, 11) is 0. The van der Waals surface area contributed by atoms with Crippen molar-refractivity contribution in [2.45, 2.75) is 6.92 Å². The van der Waals surface area contributed by atoms with Gasteiger partial charge in [-0.05, 0) is 35.0 Å². The first-order valence-electron chi connectivity index (χ1n) is 5.44. The van der Waals surface area contributed by atoms with E-state index in [-0.39, 0.29) is 17.3 Å². The second kappa shape index (κ2) is 6.08. The Balaban J connectivity index is 2.39. The van der Waals surface area contributed by atoms with E-state index in [2.05, 4.69) is 30.9 Å². The molecule has 0 aromatic carbocycles. The van der Waals surface area contributed by atoms with Crippen LogP contribution in [0.25, 0.3) is 11.5 Å². The second-order valence-electron chi connectivity index (χ2n) is 3.45. The van der Waals surface area contributed by atoms with E-state index in [9.17, 15) is 4.79 Å². The molecule has 0 amide bonds. The van der Waals surface area contributed by atoms with Crippen molar-refractivity contribution in [2.75, 3.05) is 6.61 Å². The molecule has 0 bridgehead atoms. The number of aromatic nitrogens is 3. The Morgan fingerprint density at radius 2 is 2.26 bits per heavy atom. The van der Waals surface area contributed by atoms with E-state index in [1.54, 1.807) is 19.2 Å². The summed E-state index contributed by atoms with van der Waals surface area (Å²) in [5.41, 5.74) is 0.694. The molecule has 0 saturated carbocycles. The van der Waals surface area contributed by atoms with Gasteiger partial charge in [-0.3, -0.25) is 4.98 Å². The molecule has 2 aromatic rings. The van der Waals surface area contributed by atoms with Crippen LogP contribution in [0.4, 0.5) is 0 Å². The van der Waals surface area contributed by atoms with Gasteiger partial charge in [0.15, 0.2) is 5.82 Å². The molecule has 7 heteroatoms. The number of pyridine rings is 1. The van der Waals surface area contributed by atoms with Crippen molar-refractivity contribution in [3.05, 3.63) is 39.7 Å². The van der Waals surface area contributed by atoms with Crippen LogP contribution in [-0.4, -0.2) is 27.5 Å². The summed E-state index contributed by atoms with van der Waals surface area (Å²) in [6.07, 6.45) is 2.96. The molecule has 0 atom stereocenters. The number of carbonyl (C=O) groups is 1. The molecular weight excluding hydrogens is 334 g/mol. The van der Waals surface area contributed by atoms with Crippen LogP contribution >= 0.6 is 27.5 Å². The molecule has 0 aliphatic heterocycles. The lowest BCUT2D eigenvalue weighted by Gasteiger charge is -2.05. The Labute approximate surface area is 123 Å². The number of carbonyl (C=O) groups excluding carboxylic acids is 1. The Morgan fingerprint density at radius 1 is 1.47 bits per heavy atom. The monoisotopic (exact) mass is 341 g/mol. The van der Waals surface area contributed by atoms with Crippen molar-refractivity contribution in [2.24, 2.45) is 0 Å². The first kappa shape index (κ1) is 13.9. The molecule has 98 valence electrons. The number of halogens is 2. The molecule has 0 spiro atoms. The van der Waals surface area contributed by atoms with Crippen molar-refractivity contribution >= 4 is 33.5 Å². The standard InChI is InChI=1S/C12H9BrClN3O2/c1-2-19-12(18)7-6-16-11(17-10(7)14)9-8(13)4-3-5-15-9/h3-6H,2H2,1H3. The Kier molecular flexibility index (Phi) is 4.44. The van der Waals surface area contributed by atoms with Crippen molar-refractivity contribution in [3.63, 3.8) is 0 Å². The van der Waals surface area contributed by atoms with Gasteiger partial charge in [-0.25, -0.2) is 14.8 Å². The van der Waals surface area contributed by atoms with E-state index in [4.69, 9.17) is 16.3 Å². The highest BCUT2D eigenvalue weighted by atomic mass is 79.9. The van der Waals surface area contributed by atoms with Crippen LogP contribution in [0.15, 0.2) is 29.0 Å². The number of hydrogen-bond acceptors (Lipinski definition) is 5. The maximum Gasteiger partial charge on any atom is 0.342 e. The predicted octanol–water partition coefficient (Wildman–Crippen LogP) is 3.13. The van der Waals surface area contributed by atoms with Gasteiger partial charge in [0.25, 0.3) is 0 Å². The average Bonchev–Trinajstić information content (AvgIpc) is 2.39. The minimum absolute atomic E-state index is 0.0426. The van der Waals surface area contributed by atoms with Crippen LogP contribution in [0.1, 0.15) is 17.3 Å². The Hall–Kier alpha value is -1.53. The largest absolute Gasteiger partial charge is 0.462 e. The van der Waals surface area contributed by atoms with Crippen LogP contribution < -0.4 is 0 Å². The third-order valence-electron chi connectivity index (χ3n) is 2.21. The van der Waals surface area contributed by atoms with Gasteiger partial charge >= 0.3 is 5.97 Å². The van der Waals surface area contributed by atoms with E-state index in [1.807, 2.05) is 6.07 Å². The fraction of sp³-hybridized carbons (Fsp3) is 0.167. The lowest BCUT2D eigenvalue weighted by molar-refractivity contribution is 0.0525. The van der Waals surface area contributed by atoms with Gasteiger partial charge in [0.05, 0.1) is 6.61 Å². The second-order valence-corrected chi connectivity index (χ2v) is 4.66. The number of nitrogens with zero attached hydrogens (tertiary/aromatic N) is 3. The fourth-order valence-electron chi connectivity index (χ4n) is 1.37. The van der Waals surface area contributed by atoms with Crippen LogP contribution in [0, 0.1) is 0 Å². The maximum atomic E-state index is 11.6. The van der Waals surface area contributed by atoms with E-state index in [0.29, 0.717) is 11.5 Å². The topological polar surface area (TPSA) is 65.0 Å². The molecular formula is C12H9BrClN3O2. The number of rotatable bonds is 3. The molecule has 19 heavy (non-hydrogen) atoms. The third-order valence-corrected chi connectivity index (χ3v) is 3.14. The molecule has 0 aliphatic carbocycles. The normalized spacial score (nSPS) is 10.3. The summed E-state index contributed by atoms with van der Waals surface area (Å²) in [6.45, 7) is 1.98. The molecule has 0 N–H and O–H groups in total. The zero-order valence-corrected chi connectivity index (χ0v) is 12.3. The first-order chi connectivity index (χ1) is 9.13. The molecule has 0 radical (unpaired) electrons. The maximum absolute atomic E-state index is 11.6. The molecule has 0 saturated heterocycles. The minimum Gasteiger partial charge on any atom is -0.462 e. The van der Waals surface area contributed by atoms with E-state index >= 15 is 0 Å². The van der Waals surface area contributed by atoms with Gasteiger partial charge in [0.1, 0.15) is 16.4 Å². The summed E-state index contributed by atoms with van der Waals surface area (Å²) in [6, 6.07) is 3.60. The minimum atomic E-state index is -0.542. The SMILES string of the molecule is CCOC(=O)c1cnc(-c2ncccc2Br)nc1Cl.